The minimum absolute atomic E-state index is 0.0000238. The maximum absolute atomic E-state index is 12.4. The van der Waals surface area contributed by atoms with Gasteiger partial charge in [-0.05, 0) is 30.8 Å². The fraction of sp³-hybridized carbons (Fsp3) is 0.706. The van der Waals surface area contributed by atoms with Gasteiger partial charge in [-0.25, -0.2) is 4.79 Å². The number of hydrogen-bond donors (Lipinski definition) is 6. The smallest absolute Gasteiger partial charge is 0.326 e. The van der Waals surface area contributed by atoms with Gasteiger partial charge in [0.05, 0.1) is 19.0 Å². The van der Waals surface area contributed by atoms with Gasteiger partial charge in [0.25, 0.3) is 0 Å². The number of rotatable bonds is 14. The van der Waals surface area contributed by atoms with Gasteiger partial charge >= 0.3 is 5.97 Å². The van der Waals surface area contributed by atoms with Crippen LogP contribution in [-0.2, 0) is 24.0 Å². The molecule has 0 saturated heterocycles. The first-order valence-corrected chi connectivity index (χ1v) is 10.5. The lowest BCUT2D eigenvalue weighted by atomic mass is 10.0. The third kappa shape index (κ3) is 12.0. The van der Waals surface area contributed by atoms with Crippen LogP contribution in [0.4, 0.5) is 0 Å². The molecule has 166 valence electrons. The van der Waals surface area contributed by atoms with Crippen LogP contribution in [-0.4, -0.2) is 71.4 Å². The van der Waals surface area contributed by atoms with Gasteiger partial charge in [0.15, 0.2) is 0 Å². The van der Waals surface area contributed by atoms with E-state index in [0.29, 0.717) is 12.2 Å². The Hall–Kier alpha value is -2.34. The lowest BCUT2D eigenvalue weighted by Crippen LogP contribution is -2.54. The number of carbonyl (C=O) groups excluding carboxylic acids is 4. The summed E-state index contributed by atoms with van der Waals surface area (Å²) in [7, 11) is 0. The highest BCUT2D eigenvalue weighted by Gasteiger charge is 2.28. The molecule has 8 N–H and O–H groups in total. The van der Waals surface area contributed by atoms with E-state index in [2.05, 4.69) is 16.0 Å². The molecule has 0 radical (unpaired) electrons. The number of carboxylic acids is 1. The van der Waals surface area contributed by atoms with Crippen LogP contribution in [0.15, 0.2) is 0 Å². The first-order valence-electron chi connectivity index (χ1n) is 9.10. The summed E-state index contributed by atoms with van der Waals surface area (Å²) in [6.07, 6.45) is 1.99. The first-order chi connectivity index (χ1) is 13.5. The maximum atomic E-state index is 12.4. The van der Waals surface area contributed by atoms with Gasteiger partial charge < -0.3 is 32.5 Å². The molecule has 0 aromatic rings. The third-order valence-electron chi connectivity index (χ3n) is 3.77. The van der Waals surface area contributed by atoms with Gasteiger partial charge in [0.2, 0.25) is 23.6 Å². The van der Waals surface area contributed by atoms with Crippen LogP contribution in [0.25, 0.3) is 0 Å². The zero-order chi connectivity index (χ0) is 22.6. The molecule has 0 aliphatic heterocycles. The molecular formula is C17H31N5O6S. The van der Waals surface area contributed by atoms with Gasteiger partial charge in [-0.2, -0.15) is 11.8 Å². The van der Waals surface area contributed by atoms with Gasteiger partial charge in [0, 0.05) is 0 Å². The van der Waals surface area contributed by atoms with E-state index in [1.807, 2.05) is 20.1 Å². The van der Waals surface area contributed by atoms with Gasteiger partial charge in [-0.15, -0.1) is 0 Å². The number of nitrogens with two attached hydrogens (primary N) is 2. The average Bonchev–Trinajstić information content (AvgIpc) is 2.61. The van der Waals surface area contributed by atoms with Crippen molar-refractivity contribution in [2.75, 3.05) is 18.6 Å². The zero-order valence-corrected chi connectivity index (χ0v) is 17.7. The van der Waals surface area contributed by atoms with Crippen molar-refractivity contribution in [1.29, 1.82) is 0 Å². The fourth-order valence-electron chi connectivity index (χ4n) is 2.30. The van der Waals surface area contributed by atoms with Crippen molar-refractivity contribution >= 4 is 41.4 Å². The van der Waals surface area contributed by atoms with E-state index in [1.165, 1.54) is 0 Å². The predicted octanol–water partition coefficient (Wildman–Crippen LogP) is -1.84. The second-order valence-electron chi connectivity index (χ2n) is 6.93. The highest BCUT2D eigenvalue weighted by molar-refractivity contribution is 7.98. The summed E-state index contributed by atoms with van der Waals surface area (Å²) in [6.45, 7) is 3.26. The second-order valence-corrected chi connectivity index (χ2v) is 7.91. The van der Waals surface area contributed by atoms with Crippen LogP contribution in [0.3, 0.4) is 0 Å². The predicted molar refractivity (Wildman–Crippen MR) is 109 cm³/mol. The van der Waals surface area contributed by atoms with E-state index in [1.54, 1.807) is 11.8 Å². The highest BCUT2D eigenvalue weighted by atomic mass is 32.2. The summed E-state index contributed by atoms with van der Waals surface area (Å²) in [6, 6.07) is -3.28. The first kappa shape index (κ1) is 26.7. The van der Waals surface area contributed by atoms with E-state index in [4.69, 9.17) is 16.6 Å². The topological polar surface area (TPSA) is 194 Å². The third-order valence-corrected chi connectivity index (χ3v) is 4.42. The van der Waals surface area contributed by atoms with E-state index >= 15 is 0 Å². The van der Waals surface area contributed by atoms with Crippen molar-refractivity contribution in [3.05, 3.63) is 0 Å². The summed E-state index contributed by atoms with van der Waals surface area (Å²) in [5.74, 6) is -3.47. The molecular weight excluding hydrogens is 402 g/mol. The molecule has 0 aliphatic carbocycles. The van der Waals surface area contributed by atoms with Crippen molar-refractivity contribution < 1.29 is 29.1 Å². The lowest BCUT2D eigenvalue weighted by Gasteiger charge is -2.22. The molecule has 3 unspecified atom stereocenters. The van der Waals surface area contributed by atoms with Crippen molar-refractivity contribution in [3.63, 3.8) is 0 Å². The minimum Gasteiger partial charge on any atom is -0.480 e. The van der Waals surface area contributed by atoms with Crippen LogP contribution in [0.1, 0.15) is 33.1 Å². The molecule has 0 fully saturated rings. The van der Waals surface area contributed by atoms with E-state index in [-0.39, 0.29) is 18.9 Å². The normalized spacial score (nSPS) is 13.8. The van der Waals surface area contributed by atoms with Crippen LogP contribution >= 0.6 is 11.8 Å². The molecule has 29 heavy (non-hydrogen) atoms. The largest absolute Gasteiger partial charge is 0.480 e. The van der Waals surface area contributed by atoms with Crippen LogP contribution < -0.4 is 27.4 Å². The summed E-state index contributed by atoms with van der Waals surface area (Å²) in [4.78, 5) is 58.6. The SMILES string of the molecule is CSCCC(N)C(=O)NCC(=O)NC(CC(C)C)C(=O)NC(CC(N)=O)C(=O)O. The summed E-state index contributed by atoms with van der Waals surface area (Å²) < 4.78 is 0. The molecule has 0 bridgehead atoms. The lowest BCUT2D eigenvalue weighted by molar-refractivity contribution is -0.143. The summed E-state index contributed by atoms with van der Waals surface area (Å²) in [5, 5.41) is 16.2. The Balaban J connectivity index is 4.86. The zero-order valence-electron chi connectivity index (χ0n) is 16.9. The Morgan fingerprint density at radius 2 is 1.66 bits per heavy atom. The molecule has 12 heteroatoms. The molecule has 0 spiro atoms. The van der Waals surface area contributed by atoms with Crippen molar-refractivity contribution in [2.45, 2.75) is 51.2 Å². The molecule has 0 rings (SSSR count). The molecule has 0 heterocycles. The average molecular weight is 434 g/mol. The Kier molecular flexibility index (Phi) is 12.7. The van der Waals surface area contributed by atoms with Crippen molar-refractivity contribution in [1.82, 2.24) is 16.0 Å². The Morgan fingerprint density at radius 1 is 1.03 bits per heavy atom. The number of carboxylic acid groups (broad SMARTS) is 1. The maximum Gasteiger partial charge on any atom is 0.326 e. The van der Waals surface area contributed by atoms with E-state index in [9.17, 15) is 24.0 Å². The molecule has 0 aliphatic rings. The molecule has 4 amide bonds. The Bertz CT molecular complexity index is 601. The van der Waals surface area contributed by atoms with Gasteiger partial charge in [-0.1, -0.05) is 13.8 Å². The number of thioether (sulfide) groups is 1. The number of aliphatic carboxylic acids is 1. The van der Waals surface area contributed by atoms with E-state index < -0.39 is 54.1 Å². The minimum atomic E-state index is -1.50. The van der Waals surface area contributed by atoms with Crippen molar-refractivity contribution in [3.8, 4) is 0 Å². The summed E-state index contributed by atoms with van der Waals surface area (Å²) >= 11 is 1.54. The number of nitrogens with one attached hydrogen (secondary N) is 3. The monoisotopic (exact) mass is 433 g/mol. The second kappa shape index (κ2) is 13.8. The van der Waals surface area contributed by atoms with Crippen LogP contribution in [0.2, 0.25) is 0 Å². The van der Waals surface area contributed by atoms with Gasteiger partial charge in [-0.3, -0.25) is 19.2 Å². The molecule has 3 atom stereocenters. The number of hydrogen-bond acceptors (Lipinski definition) is 7. The van der Waals surface area contributed by atoms with Crippen molar-refractivity contribution in [2.24, 2.45) is 17.4 Å². The Morgan fingerprint density at radius 3 is 2.14 bits per heavy atom. The summed E-state index contributed by atoms with van der Waals surface area (Å²) in [5.41, 5.74) is 10.7. The van der Waals surface area contributed by atoms with Crippen LogP contribution in [0, 0.1) is 5.92 Å². The quantitative estimate of drug-likeness (QED) is 0.184. The standard InChI is InChI=1S/C17H31N5O6S/c1-9(2)6-11(16(26)22-12(17(27)28)7-13(19)23)21-14(24)8-20-15(25)10(18)4-5-29-3/h9-12H,4-8,18H2,1-3H3,(H2,19,23)(H,20,25)(H,21,24)(H,22,26)(H,27,28). The van der Waals surface area contributed by atoms with Crippen LogP contribution in [0.5, 0.6) is 0 Å². The molecule has 0 aromatic carbocycles. The molecule has 11 nitrogen and oxygen atoms in total. The molecule has 0 saturated carbocycles. The number of amides is 4. The fourth-order valence-corrected chi connectivity index (χ4v) is 2.79. The van der Waals surface area contributed by atoms with Gasteiger partial charge in [0.1, 0.15) is 12.1 Å². The molecule has 0 aromatic heterocycles. The highest BCUT2D eigenvalue weighted by Crippen LogP contribution is 2.06. The number of primary amides is 1. The van der Waals surface area contributed by atoms with E-state index in [0.717, 1.165) is 0 Å². The number of carbonyl (C=O) groups is 5. The Labute approximate surface area is 174 Å².